The predicted octanol–water partition coefficient (Wildman–Crippen LogP) is 4.17. The number of aliphatic hydroxyl groups is 1. The van der Waals surface area contributed by atoms with Crippen molar-refractivity contribution in [2.75, 3.05) is 13.2 Å². The molecule has 0 fully saturated rings. The van der Waals surface area contributed by atoms with Gasteiger partial charge in [0.05, 0.1) is 6.54 Å². The second-order valence-corrected chi connectivity index (χ2v) is 6.71. The van der Waals surface area contributed by atoms with Crippen molar-refractivity contribution in [3.63, 3.8) is 0 Å². The summed E-state index contributed by atoms with van der Waals surface area (Å²) in [6, 6.07) is 0. The van der Waals surface area contributed by atoms with Gasteiger partial charge in [-0.15, -0.1) is 0 Å². The van der Waals surface area contributed by atoms with Crippen LogP contribution in [0, 0.1) is 35.5 Å². The Morgan fingerprint density at radius 3 is 2.04 bits per heavy atom. The molecule has 1 unspecified atom stereocenters. The van der Waals surface area contributed by atoms with Gasteiger partial charge in [0.1, 0.15) is 0 Å². The molecule has 4 nitrogen and oxygen atoms in total. The lowest BCUT2D eigenvalue weighted by Crippen LogP contribution is -2.32. The molecular weight excluding hydrogens is 350 g/mol. The summed E-state index contributed by atoms with van der Waals surface area (Å²) in [6.07, 6.45) is 14.4. The molecule has 0 aromatic rings. The Morgan fingerprint density at radius 1 is 0.857 bits per heavy atom. The first-order valence-corrected chi connectivity index (χ1v) is 10.8. The van der Waals surface area contributed by atoms with Gasteiger partial charge in [0, 0.05) is 18.9 Å². The van der Waals surface area contributed by atoms with Gasteiger partial charge in [-0.2, -0.15) is 0 Å². The van der Waals surface area contributed by atoms with E-state index in [1.165, 1.54) is 64.2 Å². The van der Waals surface area contributed by atoms with Crippen LogP contribution in [0.5, 0.6) is 0 Å². The maximum absolute atomic E-state index is 11.4. The topological polar surface area (TPSA) is 58.6 Å². The van der Waals surface area contributed by atoms with Crippen molar-refractivity contribution in [2.24, 2.45) is 0 Å². The van der Waals surface area contributed by atoms with Crippen LogP contribution in [0.4, 0.5) is 0 Å². The molecular formula is C24H37NO3. The maximum Gasteiger partial charge on any atom is 0.297 e. The molecule has 0 rings (SSSR count). The fourth-order valence-corrected chi connectivity index (χ4v) is 2.61. The lowest BCUT2D eigenvalue weighted by molar-refractivity contribution is -0.121. The van der Waals surface area contributed by atoms with Crippen LogP contribution in [-0.4, -0.2) is 30.5 Å². The number of carbonyl (C=O) groups is 1. The maximum atomic E-state index is 11.4. The third-order valence-corrected chi connectivity index (χ3v) is 4.15. The van der Waals surface area contributed by atoms with E-state index in [1.54, 1.807) is 6.92 Å². The molecule has 156 valence electrons. The number of aliphatic hydroxyl groups excluding tert-OH is 1. The van der Waals surface area contributed by atoms with Crippen LogP contribution in [0.15, 0.2) is 0 Å². The Hall–Kier alpha value is -1.93. The van der Waals surface area contributed by atoms with Crippen molar-refractivity contribution < 1.29 is 14.6 Å². The zero-order chi connectivity index (χ0) is 20.7. The summed E-state index contributed by atoms with van der Waals surface area (Å²) in [6.45, 7) is 4.41. The van der Waals surface area contributed by atoms with Gasteiger partial charge in [0.2, 0.25) is 0 Å². The average molecular weight is 388 g/mol. The summed E-state index contributed by atoms with van der Waals surface area (Å²) in [5, 5.41) is 11.7. The second-order valence-electron chi connectivity index (χ2n) is 6.71. The molecule has 28 heavy (non-hydrogen) atoms. The molecule has 1 amide bonds. The predicted molar refractivity (Wildman–Crippen MR) is 115 cm³/mol. The number of nitrogens with one attached hydrogen (secondary N) is 1. The molecule has 0 bridgehead atoms. The molecule has 0 aliphatic carbocycles. The molecule has 2 N–H and O–H groups in total. The smallest absolute Gasteiger partial charge is 0.297 e. The minimum atomic E-state index is -1.01. The molecule has 0 aliphatic rings. The summed E-state index contributed by atoms with van der Waals surface area (Å²) in [5.41, 5.74) is 0. The highest BCUT2D eigenvalue weighted by Gasteiger charge is 2.03. The van der Waals surface area contributed by atoms with Gasteiger partial charge in [-0.3, -0.25) is 4.79 Å². The molecule has 0 saturated carbocycles. The summed E-state index contributed by atoms with van der Waals surface area (Å²) in [5.74, 6) is 15.2. The Bertz CT molecular complexity index is 566. The SMILES string of the molecule is CCCCCCCCCCCCCC#CC#CC#CC(=O)NCC(O)OCC. The van der Waals surface area contributed by atoms with Crippen molar-refractivity contribution in [2.45, 2.75) is 97.2 Å². The Labute approximate surface area is 172 Å². The van der Waals surface area contributed by atoms with E-state index in [-0.39, 0.29) is 6.54 Å². The molecule has 0 heterocycles. The van der Waals surface area contributed by atoms with Gasteiger partial charge in [-0.25, -0.2) is 0 Å². The minimum absolute atomic E-state index is 0.00749. The largest absolute Gasteiger partial charge is 0.366 e. The standard InChI is InChI=1S/C24H37NO3/c1-3-5-6-7-8-9-10-11-12-13-14-15-16-17-18-19-20-21-23(26)25-22-24(27)28-4-2/h24,27H,3-15,22H2,1-2H3,(H,25,26). The van der Waals surface area contributed by atoms with Gasteiger partial charge in [0.15, 0.2) is 6.29 Å². The number of hydrogen-bond donors (Lipinski definition) is 2. The number of ether oxygens (including phenoxy) is 1. The highest BCUT2D eigenvalue weighted by molar-refractivity contribution is 5.94. The van der Waals surface area contributed by atoms with E-state index in [0.717, 1.165) is 12.8 Å². The molecule has 0 aliphatic heterocycles. The van der Waals surface area contributed by atoms with E-state index in [4.69, 9.17) is 4.74 Å². The minimum Gasteiger partial charge on any atom is -0.366 e. The monoisotopic (exact) mass is 387 g/mol. The Kier molecular flexibility index (Phi) is 19.9. The van der Waals surface area contributed by atoms with Crippen molar-refractivity contribution in [3.05, 3.63) is 0 Å². The van der Waals surface area contributed by atoms with Gasteiger partial charge >= 0.3 is 0 Å². The first-order chi connectivity index (χ1) is 13.7. The zero-order valence-electron chi connectivity index (χ0n) is 17.7. The van der Waals surface area contributed by atoms with Crippen LogP contribution >= 0.6 is 0 Å². The van der Waals surface area contributed by atoms with Gasteiger partial charge in [-0.1, -0.05) is 77.1 Å². The third-order valence-electron chi connectivity index (χ3n) is 4.15. The van der Waals surface area contributed by atoms with Crippen LogP contribution < -0.4 is 5.32 Å². The lowest BCUT2D eigenvalue weighted by Gasteiger charge is -2.09. The van der Waals surface area contributed by atoms with Crippen molar-refractivity contribution in [3.8, 4) is 35.5 Å². The third kappa shape index (κ3) is 20.4. The first-order valence-electron chi connectivity index (χ1n) is 10.8. The van der Waals surface area contributed by atoms with Crippen LogP contribution in [0.25, 0.3) is 0 Å². The van der Waals surface area contributed by atoms with Crippen LogP contribution in [0.1, 0.15) is 90.9 Å². The quantitative estimate of drug-likeness (QED) is 0.252. The molecule has 4 heteroatoms. The fraction of sp³-hybridized carbons (Fsp3) is 0.708. The van der Waals surface area contributed by atoms with Gasteiger partial charge in [0.25, 0.3) is 5.91 Å². The fourth-order valence-electron chi connectivity index (χ4n) is 2.61. The zero-order valence-corrected chi connectivity index (χ0v) is 17.7. The van der Waals surface area contributed by atoms with E-state index in [0.29, 0.717) is 6.61 Å². The van der Waals surface area contributed by atoms with E-state index in [2.05, 4.69) is 47.8 Å². The lowest BCUT2D eigenvalue weighted by atomic mass is 10.1. The molecule has 0 spiro atoms. The number of unbranched alkanes of at least 4 members (excludes halogenated alkanes) is 11. The number of rotatable bonds is 15. The van der Waals surface area contributed by atoms with Crippen LogP contribution in [-0.2, 0) is 9.53 Å². The first kappa shape index (κ1) is 26.1. The normalized spacial score (nSPS) is 10.5. The Morgan fingerprint density at radius 2 is 1.43 bits per heavy atom. The molecule has 0 aromatic heterocycles. The molecule has 0 aromatic carbocycles. The van der Waals surface area contributed by atoms with Crippen molar-refractivity contribution in [1.29, 1.82) is 0 Å². The summed E-state index contributed by atoms with van der Waals surface area (Å²) >= 11 is 0. The van der Waals surface area contributed by atoms with E-state index in [1.807, 2.05) is 0 Å². The summed E-state index contributed by atoms with van der Waals surface area (Å²) in [7, 11) is 0. The van der Waals surface area contributed by atoms with Crippen molar-refractivity contribution >= 4 is 5.91 Å². The van der Waals surface area contributed by atoms with E-state index in [9.17, 15) is 9.90 Å². The van der Waals surface area contributed by atoms with Gasteiger partial charge in [-0.05, 0) is 37.0 Å². The van der Waals surface area contributed by atoms with Crippen molar-refractivity contribution in [1.82, 2.24) is 5.32 Å². The highest BCUT2D eigenvalue weighted by atomic mass is 16.6. The number of hydrogen-bond acceptors (Lipinski definition) is 3. The second kappa shape index (κ2) is 21.4. The number of amides is 1. The molecule has 0 radical (unpaired) electrons. The molecule has 1 atom stereocenters. The van der Waals surface area contributed by atoms with E-state index >= 15 is 0 Å². The molecule has 0 saturated heterocycles. The highest BCUT2D eigenvalue weighted by Crippen LogP contribution is 2.11. The van der Waals surface area contributed by atoms with Gasteiger partial charge < -0.3 is 15.2 Å². The van der Waals surface area contributed by atoms with Crippen LogP contribution in [0.2, 0.25) is 0 Å². The summed E-state index contributed by atoms with van der Waals surface area (Å²) < 4.78 is 4.88. The van der Waals surface area contributed by atoms with E-state index < -0.39 is 12.2 Å². The Balaban J connectivity index is 3.57. The average Bonchev–Trinajstić information content (AvgIpc) is 2.69. The summed E-state index contributed by atoms with van der Waals surface area (Å²) in [4.78, 5) is 11.4. The number of carbonyl (C=O) groups excluding carboxylic acids is 1. The van der Waals surface area contributed by atoms with Crippen LogP contribution in [0.3, 0.4) is 0 Å².